The molecular weight excluding hydrogens is 332 g/mol. The van der Waals surface area contributed by atoms with Crippen LogP contribution in [-0.4, -0.2) is 38.1 Å². The smallest absolute Gasteiger partial charge is 0.233 e. The number of likely N-dealkylation sites (tertiary alicyclic amines) is 1. The van der Waals surface area contributed by atoms with E-state index in [9.17, 15) is 23.5 Å². The van der Waals surface area contributed by atoms with Gasteiger partial charge in [0.2, 0.25) is 11.8 Å². The van der Waals surface area contributed by atoms with Crippen LogP contribution in [0.1, 0.15) is 23.7 Å². The number of aromatic nitrogens is 2. The van der Waals surface area contributed by atoms with E-state index in [-0.39, 0.29) is 6.42 Å². The largest absolute Gasteiger partial charge is 0.386 e. The number of benzene rings is 1. The van der Waals surface area contributed by atoms with Crippen LogP contribution >= 0.6 is 0 Å². The van der Waals surface area contributed by atoms with Crippen molar-refractivity contribution in [1.82, 2.24) is 14.7 Å². The monoisotopic (exact) mass is 349 g/mol. The van der Waals surface area contributed by atoms with Crippen LogP contribution in [0, 0.1) is 17.6 Å². The molecule has 1 fully saturated rings. The Kier molecular flexibility index (Phi) is 4.63. The van der Waals surface area contributed by atoms with Gasteiger partial charge in [-0.1, -0.05) is 6.07 Å². The van der Waals surface area contributed by atoms with E-state index >= 15 is 0 Å². The second-order valence-electron chi connectivity index (χ2n) is 6.12. The number of nitrogens with zero attached hydrogens (tertiary/aromatic N) is 3. The van der Waals surface area contributed by atoms with Crippen molar-refractivity contribution < 1.29 is 23.5 Å². The first-order valence-corrected chi connectivity index (χ1v) is 7.80. The Hall–Kier alpha value is -2.61. The van der Waals surface area contributed by atoms with Crippen molar-refractivity contribution >= 4 is 11.8 Å². The predicted molar refractivity (Wildman–Crippen MR) is 83.1 cm³/mol. The molecule has 1 saturated heterocycles. The number of hydrogen-bond acceptors (Lipinski definition) is 4. The fourth-order valence-corrected chi connectivity index (χ4v) is 3.06. The standard InChI is InChI=1S/C17H17F2N3O3/c1-21-8-10(7-20-21)5-11-6-15(24)22(17(11)25)9-14(23)16-12(18)3-2-4-13(16)19/h2-4,7-8,11,14,23H,5-6,9H2,1H3. The molecule has 2 heterocycles. The third kappa shape index (κ3) is 3.43. The lowest BCUT2D eigenvalue weighted by Gasteiger charge is -2.20. The molecule has 1 N–H and O–H groups in total. The number of aryl methyl sites for hydroxylation is 1. The minimum atomic E-state index is -1.62. The molecule has 0 spiro atoms. The molecule has 1 aromatic carbocycles. The molecule has 132 valence electrons. The maximum Gasteiger partial charge on any atom is 0.233 e. The molecule has 3 rings (SSSR count). The molecule has 2 amide bonds. The van der Waals surface area contributed by atoms with Gasteiger partial charge in [0.05, 0.1) is 24.2 Å². The first kappa shape index (κ1) is 17.2. The van der Waals surface area contributed by atoms with E-state index in [2.05, 4.69) is 5.10 Å². The van der Waals surface area contributed by atoms with Gasteiger partial charge in [-0.05, 0) is 24.1 Å². The Balaban J connectivity index is 1.72. The van der Waals surface area contributed by atoms with Crippen LogP contribution in [0.2, 0.25) is 0 Å². The Morgan fingerprint density at radius 2 is 2.00 bits per heavy atom. The van der Waals surface area contributed by atoms with Crippen molar-refractivity contribution in [3.8, 4) is 0 Å². The zero-order chi connectivity index (χ0) is 18.1. The molecule has 2 aromatic rings. The summed E-state index contributed by atoms with van der Waals surface area (Å²) in [6.45, 7) is -0.473. The van der Waals surface area contributed by atoms with Gasteiger partial charge < -0.3 is 5.11 Å². The van der Waals surface area contributed by atoms with Crippen molar-refractivity contribution in [2.24, 2.45) is 13.0 Å². The minimum absolute atomic E-state index is 0.000200. The van der Waals surface area contributed by atoms with Crippen LogP contribution in [0.4, 0.5) is 8.78 Å². The number of rotatable bonds is 5. The number of aliphatic hydroxyl groups excluding tert-OH is 1. The fourth-order valence-electron chi connectivity index (χ4n) is 3.06. The van der Waals surface area contributed by atoms with E-state index < -0.39 is 47.6 Å². The lowest BCUT2D eigenvalue weighted by atomic mass is 10.0. The fraction of sp³-hybridized carbons (Fsp3) is 0.353. The third-order valence-electron chi connectivity index (χ3n) is 4.27. The van der Waals surface area contributed by atoms with Crippen LogP contribution in [0.5, 0.6) is 0 Å². The van der Waals surface area contributed by atoms with Gasteiger partial charge in [0.1, 0.15) is 17.7 Å². The highest BCUT2D eigenvalue weighted by Gasteiger charge is 2.40. The quantitative estimate of drug-likeness (QED) is 0.827. The molecule has 0 radical (unpaired) electrons. The van der Waals surface area contributed by atoms with Gasteiger partial charge in [-0.15, -0.1) is 0 Å². The molecular formula is C17H17F2N3O3. The first-order chi connectivity index (χ1) is 11.9. The maximum absolute atomic E-state index is 13.7. The highest BCUT2D eigenvalue weighted by atomic mass is 19.1. The number of halogens is 2. The number of β-amino-alcohol motifs (C(OH)–C–C–N with tert-alkyl or cyclic N) is 1. The predicted octanol–water partition coefficient (Wildman–Crippen LogP) is 1.35. The van der Waals surface area contributed by atoms with E-state index in [1.807, 2.05) is 0 Å². The number of hydrogen-bond donors (Lipinski definition) is 1. The van der Waals surface area contributed by atoms with Crippen LogP contribution in [0.25, 0.3) is 0 Å². The molecule has 0 saturated carbocycles. The van der Waals surface area contributed by atoms with E-state index in [0.717, 1.165) is 22.6 Å². The lowest BCUT2D eigenvalue weighted by Crippen LogP contribution is -2.35. The molecule has 1 aromatic heterocycles. The second kappa shape index (κ2) is 6.72. The number of imide groups is 1. The Bertz CT molecular complexity index is 801. The minimum Gasteiger partial charge on any atom is -0.386 e. The topological polar surface area (TPSA) is 75.4 Å². The summed E-state index contributed by atoms with van der Waals surface area (Å²) in [5.74, 6) is -3.31. The highest BCUT2D eigenvalue weighted by molar-refractivity contribution is 6.03. The van der Waals surface area contributed by atoms with Crippen LogP contribution in [0.3, 0.4) is 0 Å². The zero-order valence-electron chi connectivity index (χ0n) is 13.5. The SMILES string of the molecule is Cn1cc(CC2CC(=O)N(CC(O)c3c(F)cccc3F)C2=O)cn1. The van der Waals surface area contributed by atoms with E-state index in [0.29, 0.717) is 6.42 Å². The molecule has 1 aliphatic heterocycles. The van der Waals surface area contributed by atoms with E-state index in [1.54, 1.807) is 24.1 Å². The zero-order valence-corrected chi connectivity index (χ0v) is 13.5. The van der Waals surface area contributed by atoms with Gasteiger partial charge >= 0.3 is 0 Å². The summed E-state index contributed by atoms with van der Waals surface area (Å²) >= 11 is 0. The second-order valence-corrected chi connectivity index (χ2v) is 6.12. The molecule has 0 aliphatic carbocycles. The van der Waals surface area contributed by atoms with E-state index in [1.165, 1.54) is 6.07 Å². The summed E-state index contributed by atoms with van der Waals surface area (Å²) in [6.07, 6.45) is 2.10. The van der Waals surface area contributed by atoms with Gasteiger partial charge in [0.25, 0.3) is 0 Å². The van der Waals surface area contributed by atoms with E-state index in [4.69, 9.17) is 0 Å². The number of carbonyl (C=O) groups excluding carboxylic acids is 2. The summed E-state index contributed by atoms with van der Waals surface area (Å²) in [6, 6.07) is 3.21. The Labute approximate surface area is 142 Å². The molecule has 25 heavy (non-hydrogen) atoms. The Morgan fingerprint density at radius 3 is 2.60 bits per heavy atom. The van der Waals surface area contributed by atoms with Gasteiger partial charge in [0.15, 0.2) is 0 Å². The summed E-state index contributed by atoms with van der Waals surface area (Å²) in [5.41, 5.74) is 0.273. The first-order valence-electron chi connectivity index (χ1n) is 7.80. The van der Waals surface area contributed by atoms with Crippen LogP contribution in [-0.2, 0) is 23.1 Å². The van der Waals surface area contributed by atoms with Gasteiger partial charge in [0, 0.05) is 19.7 Å². The average Bonchev–Trinajstić information content (AvgIpc) is 3.06. The summed E-state index contributed by atoms with van der Waals surface area (Å²) < 4.78 is 29.1. The molecule has 8 heteroatoms. The highest BCUT2D eigenvalue weighted by Crippen LogP contribution is 2.27. The van der Waals surface area contributed by atoms with Crippen molar-refractivity contribution in [3.63, 3.8) is 0 Å². The molecule has 2 atom stereocenters. The Morgan fingerprint density at radius 1 is 1.32 bits per heavy atom. The maximum atomic E-state index is 13.7. The normalized spacial score (nSPS) is 18.9. The van der Waals surface area contributed by atoms with Crippen molar-refractivity contribution in [2.45, 2.75) is 18.9 Å². The number of aliphatic hydroxyl groups is 1. The molecule has 1 aliphatic rings. The van der Waals surface area contributed by atoms with Crippen molar-refractivity contribution in [2.75, 3.05) is 6.54 Å². The van der Waals surface area contributed by atoms with Gasteiger partial charge in [-0.2, -0.15) is 5.10 Å². The summed E-state index contributed by atoms with van der Waals surface area (Å²) in [5, 5.41) is 14.1. The van der Waals surface area contributed by atoms with Crippen LogP contribution in [0.15, 0.2) is 30.6 Å². The number of carbonyl (C=O) groups is 2. The summed E-state index contributed by atoms with van der Waals surface area (Å²) in [4.78, 5) is 25.4. The van der Waals surface area contributed by atoms with Gasteiger partial charge in [-0.3, -0.25) is 19.2 Å². The third-order valence-corrected chi connectivity index (χ3v) is 4.27. The average molecular weight is 349 g/mol. The molecule has 0 bridgehead atoms. The number of amides is 2. The summed E-state index contributed by atoms with van der Waals surface area (Å²) in [7, 11) is 1.75. The van der Waals surface area contributed by atoms with Crippen molar-refractivity contribution in [1.29, 1.82) is 0 Å². The van der Waals surface area contributed by atoms with Gasteiger partial charge in [-0.25, -0.2) is 8.78 Å². The van der Waals surface area contributed by atoms with Crippen LogP contribution < -0.4 is 0 Å². The van der Waals surface area contributed by atoms with Crippen molar-refractivity contribution in [3.05, 3.63) is 53.4 Å². The molecule has 6 nitrogen and oxygen atoms in total. The molecule has 2 unspecified atom stereocenters. The lowest BCUT2D eigenvalue weighted by molar-refractivity contribution is -0.141.